The summed E-state index contributed by atoms with van der Waals surface area (Å²) in [7, 11) is 1.82. The highest BCUT2D eigenvalue weighted by atomic mass is 35.5. The van der Waals surface area contributed by atoms with Crippen LogP contribution in [0.1, 0.15) is 29.8 Å². The Hall–Kier alpha value is -1.45. The number of aryl methyl sites for hydroxylation is 1. The number of pyridine rings is 1. The highest BCUT2D eigenvalue weighted by Gasteiger charge is 2.15. The molecule has 20 heavy (non-hydrogen) atoms. The molecule has 4 heteroatoms. The summed E-state index contributed by atoms with van der Waals surface area (Å²) in [5.41, 5.74) is 2.75. The van der Waals surface area contributed by atoms with Crippen molar-refractivity contribution in [2.45, 2.75) is 25.8 Å². The van der Waals surface area contributed by atoms with Crippen LogP contribution in [0.5, 0.6) is 0 Å². The highest BCUT2D eigenvalue weighted by Crippen LogP contribution is 2.23. The van der Waals surface area contributed by atoms with Gasteiger partial charge in [0.05, 0.1) is 0 Å². The molecule has 2 rings (SSSR count). The van der Waals surface area contributed by atoms with Gasteiger partial charge in [-0.25, -0.2) is 4.39 Å². The van der Waals surface area contributed by atoms with Crippen molar-refractivity contribution in [3.8, 4) is 0 Å². The predicted molar refractivity (Wildman–Crippen MR) is 80.5 cm³/mol. The molecule has 1 aromatic heterocycles. The minimum Gasteiger partial charge on any atom is -0.313 e. The third kappa shape index (κ3) is 3.56. The van der Waals surface area contributed by atoms with Crippen molar-refractivity contribution in [2.75, 3.05) is 7.05 Å². The Labute approximate surface area is 124 Å². The monoisotopic (exact) mass is 292 g/mol. The Morgan fingerprint density at radius 3 is 2.65 bits per heavy atom. The summed E-state index contributed by atoms with van der Waals surface area (Å²) in [6, 6.07) is 8.71. The maximum atomic E-state index is 14.0. The summed E-state index contributed by atoms with van der Waals surface area (Å²) in [5.74, 6) is -0.290. The molecule has 0 fully saturated rings. The van der Waals surface area contributed by atoms with Gasteiger partial charge >= 0.3 is 0 Å². The molecule has 106 valence electrons. The normalized spacial score (nSPS) is 12.4. The Morgan fingerprint density at radius 2 is 2.10 bits per heavy atom. The molecule has 0 bridgehead atoms. The molecule has 2 aromatic rings. The number of likely N-dealkylation sites (N-methyl/N-ethyl adjacent to an activating group) is 1. The molecule has 0 spiro atoms. The van der Waals surface area contributed by atoms with E-state index >= 15 is 0 Å². The van der Waals surface area contributed by atoms with Crippen LogP contribution < -0.4 is 5.32 Å². The van der Waals surface area contributed by atoms with Crippen LogP contribution in [-0.2, 0) is 12.8 Å². The van der Waals surface area contributed by atoms with E-state index in [1.165, 1.54) is 11.6 Å². The molecule has 1 atom stereocenters. The van der Waals surface area contributed by atoms with E-state index in [0.29, 0.717) is 17.0 Å². The smallest absolute Gasteiger partial charge is 0.129 e. The van der Waals surface area contributed by atoms with Crippen molar-refractivity contribution >= 4 is 11.6 Å². The van der Waals surface area contributed by atoms with E-state index in [0.717, 1.165) is 12.1 Å². The maximum Gasteiger partial charge on any atom is 0.129 e. The zero-order valence-electron chi connectivity index (χ0n) is 11.7. The Morgan fingerprint density at radius 1 is 1.30 bits per heavy atom. The third-order valence-electron chi connectivity index (χ3n) is 3.39. The average Bonchev–Trinajstić information content (AvgIpc) is 2.46. The van der Waals surface area contributed by atoms with Gasteiger partial charge in [-0.3, -0.25) is 4.98 Å². The number of nitrogens with one attached hydrogen (secondary N) is 1. The second kappa shape index (κ2) is 6.82. The number of halogens is 2. The van der Waals surface area contributed by atoms with Crippen molar-refractivity contribution in [3.63, 3.8) is 0 Å². The van der Waals surface area contributed by atoms with Crippen LogP contribution in [0.25, 0.3) is 0 Å². The number of aromatic nitrogens is 1. The SMILES string of the molecule is CCc1ccc(CC(NC)c2ccc(Cl)cc2F)nc1. The topological polar surface area (TPSA) is 24.9 Å². The van der Waals surface area contributed by atoms with Crippen molar-refractivity contribution in [2.24, 2.45) is 0 Å². The summed E-state index contributed by atoms with van der Waals surface area (Å²) >= 11 is 5.79. The van der Waals surface area contributed by atoms with Gasteiger partial charge in [-0.05, 0) is 37.2 Å². The van der Waals surface area contributed by atoms with E-state index < -0.39 is 0 Å². The Balaban J connectivity index is 2.19. The van der Waals surface area contributed by atoms with Crippen LogP contribution in [0.3, 0.4) is 0 Å². The second-order valence-electron chi connectivity index (χ2n) is 4.72. The molecule has 1 N–H and O–H groups in total. The minimum absolute atomic E-state index is 0.118. The quantitative estimate of drug-likeness (QED) is 0.903. The molecular formula is C16H18ClFN2. The standard InChI is InChI=1S/C16H18ClFN2/c1-3-11-4-6-13(20-10-11)9-16(19-2)14-7-5-12(17)8-15(14)18/h4-8,10,16,19H,3,9H2,1-2H3. The average molecular weight is 293 g/mol. The molecule has 0 saturated heterocycles. The number of rotatable bonds is 5. The van der Waals surface area contributed by atoms with Gasteiger partial charge in [0.2, 0.25) is 0 Å². The summed E-state index contributed by atoms with van der Waals surface area (Å²) in [6.07, 6.45) is 3.48. The molecule has 1 aromatic carbocycles. The van der Waals surface area contributed by atoms with E-state index in [-0.39, 0.29) is 11.9 Å². The van der Waals surface area contributed by atoms with E-state index in [4.69, 9.17) is 11.6 Å². The molecule has 1 unspecified atom stereocenters. The van der Waals surface area contributed by atoms with E-state index in [9.17, 15) is 4.39 Å². The Kier molecular flexibility index (Phi) is 5.10. The van der Waals surface area contributed by atoms with Gasteiger partial charge in [0, 0.05) is 34.9 Å². The van der Waals surface area contributed by atoms with Crippen LogP contribution in [0.15, 0.2) is 36.5 Å². The first-order valence-corrected chi connectivity index (χ1v) is 7.07. The minimum atomic E-state index is -0.290. The lowest BCUT2D eigenvalue weighted by Gasteiger charge is -2.17. The van der Waals surface area contributed by atoms with Crippen molar-refractivity contribution < 1.29 is 4.39 Å². The fourth-order valence-corrected chi connectivity index (χ4v) is 2.30. The van der Waals surface area contributed by atoms with Crippen LogP contribution in [0.4, 0.5) is 4.39 Å². The lowest BCUT2D eigenvalue weighted by atomic mass is 10.0. The van der Waals surface area contributed by atoms with E-state index in [2.05, 4.69) is 23.3 Å². The maximum absolute atomic E-state index is 14.0. The van der Waals surface area contributed by atoms with Crippen molar-refractivity contribution in [3.05, 3.63) is 64.2 Å². The molecule has 0 radical (unpaired) electrons. The van der Waals surface area contributed by atoms with Crippen LogP contribution in [0, 0.1) is 5.82 Å². The predicted octanol–water partition coefficient (Wildman–Crippen LogP) is 3.94. The fourth-order valence-electron chi connectivity index (χ4n) is 2.15. The zero-order chi connectivity index (χ0) is 14.5. The summed E-state index contributed by atoms with van der Waals surface area (Å²) in [4.78, 5) is 4.42. The van der Waals surface area contributed by atoms with Gasteiger partial charge in [-0.2, -0.15) is 0 Å². The lowest BCUT2D eigenvalue weighted by molar-refractivity contribution is 0.530. The van der Waals surface area contributed by atoms with Gasteiger partial charge < -0.3 is 5.32 Å². The molecular weight excluding hydrogens is 275 g/mol. The van der Waals surface area contributed by atoms with Crippen LogP contribution in [-0.4, -0.2) is 12.0 Å². The molecule has 0 aliphatic rings. The van der Waals surface area contributed by atoms with Gasteiger partial charge in [0.25, 0.3) is 0 Å². The molecule has 2 nitrogen and oxygen atoms in total. The number of nitrogens with zero attached hydrogens (tertiary/aromatic N) is 1. The first-order valence-electron chi connectivity index (χ1n) is 6.70. The summed E-state index contributed by atoms with van der Waals surface area (Å²) in [6.45, 7) is 2.09. The summed E-state index contributed by atoms with van der Waals surface area (Å²) in [5, 5.41) is 3.54. The van der Waals surface area contributed by atoms with Crippen LogP contribution in [0.2, 0.25) is 5.02 Å². The van der Waals surface area contributed by atoms with Gasteiger partial charge in [-0.15, -0.1) is 0 Å². The van der Waals surface area contributed by atoms with Crippen LogP contribution >= 0.6 is 11.6 Å². The molecule has 0 amide bonds. The molecule has 1 heterocycles. The first-order chi connectivity index (χ1) is 9.63. The zero-order valence-corrected chi connectivity index (χ0v) is 12.4. The largest absolute Gasteiger partial charge is 0.313 e. The van der Waals surface area contributed by atoms with Gasteiger partial charge in [-0.1, -0.05) is 30.7 Å². The first kappa shape index (κ1) is 14.9. The molecule has 0 saturated carbocycles. The Bertz CT molecular complexity index is 569. The van der Waals surface area contributed by atoms with Crippen molar-refractivity contribution in [1.82, 2.24) is 10.3 Å². The van der Waals surface area contributed by atoms with Crippen molar-refractivity contribution in [1.29, 1.82) is 0 Å². The van der Waals surface area contributed by atoms with Gasteiger partial charge in [0.1, 0.15) is 5.82 Å². The fraction of sp³-hybridized carbons (Fsp3) is 0.312. The van der Waals surface area contributed by atoms with E-state index in [1.807, 2.05) is 19.3 Å². The number of hydrogen-bond acceptors (Lipinski definition) is 2. The van der Waals surface area contributed by atoms with Gasteiger partial charge in [0.15, 0.2) is 0 Å². The molecule has 0 aliphatic carbocycles. The number of hydrogen-bond donors (Lipinski definition) is 1. The number of benzene rings is 1. The highest BCUT2D eigenvalue weighted by molar-refractivity contribution is 6.30. The van der Waals surface area contributed by atoms with E-state index in [1.54, 1.807) is 12.1 Å². The lowest BCUT2D eigenvalue weighted by Crippen LogP contribution is -2.20. The molecule has 0 aliphatic heterocycles. The summed E-state index contributed by atoms with van der Waals surface area (Å²) < 4.78 is 14.0. The second-order valence-corrected chi connectivity index (χ2v) is 5.16. The third-order valence-corrected chi connectivity index (χ3v) is 3.63.